The quantitative estimate of drug-likeness (QED) is 0.686. The zero-order chi connectivity index (χ0) is 17.4. The van der Waals surface area contributed by atoms with Gasteiger partial charge in [-0.25, -0.2) is 0 Å². The van der Waals surface area contributed by atoms with Crippen LogP contribution in [0, 0.1) is 0 Å². The zero-order valence-corrected chi connectivity index (χ0v) is 15.1. The molecule has 0 bridgehead atoms. The Labute approximate surface area is 148 Å². The van der Waals surface area contributed by atoms with E-state index in [0.717, 1.165) is 24.4 Å². The fourth-order valence-electron chi connectivity index (χ4n) is 2.37. The molecule has 0 spiro atoms. The fraction of sp³-hybridized carbons (Fsp3) is 0.316. The van der Waals surface area contributed by atoms with Gasteiger partial charge in [0, 0.05) is 22.4 Å². The minimum Gasteiger partial charge on any atom is -0.381 e. The van der Waals surface area contributed by atoms with E-state index in [0.29, 0.717) is 5.56 Å². The molecule has 4 nitrogen and oxygen atoms in total. The van der Waals surface area contributed by atoms with Crippen LogP contribution in [0.1, 0.15) is 16.8 Å². The number of carbonyl (C=O) groups is 1. The van der Waals surface area contributed by atoms with Gasteiger partial charge >= 0.3 is 0 Å². The minimum atomic E-state index is -0.403. The summed E-state index contributed by atoms with van der Waals surface area (Å²) < 4.78 is 0. The molecule has 5 heteroatoms. The first-order valence-corrected chi connectivity index (χ1v) is 9.03. The van der Waals surface area contributed by atoms with Crippen molar-refractivity contribution in [3.8, 4) is 0 Å². The van der Waals surface area contributed by atoms with E-state index in [4.69, 9.17) is 5.73 Å². The standard InChI is InChI=1S/C19H25N3OS/c1-22(2)13-12-15(14-24-16-8-4-3-5-9-16)21-18-11-7-6-10-17(18)19(20)23/h3-11,15,21H,12-14H2,1-2H3,(H2,20,23)/t15-/m1/s1. The van der Waals surface area contributed by atoms with Crippen molar-refractivity contribution in [3.05, 3.63) is 60.2 Å². The molecule has 1 amide bonds. The number of hydrogen-bond acceptors (Lipinski definition) is 4. The number of nitrogens with zero attached hydrogens (tertiary/aromatic N) is 1. The third-order valence-electron chi connectivity index (χ3n) is 3.67. The molecule has 3 N–H and O–H groups in total. The monoisotopic (exact) mass is 343 g/mol. The number of nitrogens with two attached hydrogens (primary N) is 1. The van der Waals surface area contributed by atoms with Crippen molar-refractivity contribution in [1.82, 2.24) is 4.90 Å². The van der Waals surface area contributed by atoms with Crippen molar-refractivity contribution in [2.75, 3.05) is 31.7 Å². The number of para-hydroxylation sites is 1. The van der Waals surface area contributed by atoms with E-state index in [-0.39, 0.29) is 6.04 Å². The summed E-state index contributed by atoms with van der Waals surface area (Å²) in [5.74, 6) is 0.519. The number of anilines is 1. The van der Waals surface area contributed by atoms with E-state index in [1.165, 1.54) is 4.90 Å². The molecule has 2 aromatic carbocycles. The molecule has 0 unspecified atom stereocenters. The van der Waals surface area contributed by atoms with Crippen molar-refractivity contribution in [2.24, 2.45) is 5.73 Å². The molecule has 0 radical (unpaired) electrons. The van der Waals surface area contributed by atoms with E-state index in [1.54, 1.807) is 6.07 Å². The molecule has 128 valence electrons. The molecular formula is C19H25N3OS. The first kappa shape index (κ1) is 18.4. The highest BCUT2D eigenvalue weighted by molar-refractivity contribution is 7.99. The second-order valence-electron chi connectivity index (χ2n) is 5.97. The summed E-state index contributed by atoms with van der Waals surface area (Å²) in [5, 5.41) is 3.51. The fourth-order valence-corrected chi connectivity index (χ4v) is 3.36. The number of amides is 1. The third-order valence-corrected chi connectivity index (χ3v) is 4.85. The van der Waals surface area contributed by atoms with E-state index < -0.39 is 5.91 Å². The smallest absolute Gasteiger partial charge is 0.250 e. The number of hydrogen-bond donors (Lipinski definition) is 2. The first-order chi connectivity index (χ1) is 11.6. The molecule has 0 saturated carbocycles. The maximum atomic E-state index is 11.6. The van der Waals surface area contributed by atoms with Crippen molar-refractivity contribution in [2.45, 2.75) is 17.4 Å². The molecule has 0 aliphatic heterocycles. The van der Waals surface area contributed by atoms with Crippen molar-refractivity contribution < 1.29 is 4.79 Å². The summed E-state index contributed by atoms with van der Waals surface area (Å²) in [4.78, 5) is 15.0. The van der Waals surface area contributed by atoms with Gasteiger partial charge in [-0.3, -0.25) is 4.79 Å². The van der Waals surface area contributed by atoms with Crippen molar-refractivity contribution in [3.63, 3.8) is 0 Å². The summed E-state index contributed by atoms with van der Waals surface area (Å²) in [6, 6.07) is 18.0. The summed E-state index contributed by atoms with van der Waals surface area (Å²) in [6.07, 6.45) is 0.986. The normalized spacial score (nSPS) is 12.1. The Morgan fingerprint density at radius 3 is 2.46 bits per heavy atom. The van der Waals surface area contributed by atoms with Crippen LogP contribution in [0.4, 0.5) is 5.69 Å². The predicted molar refractivity (Wildman–Crippen MR) is 103 cm³/mol. The average molecular weight is 343 g/mol. The molecule has 0 fully saturated rings. The molecule has 1 atom stereocenters. The topological polar surface area (TPSA) is 58.4 Å². The van der Waals surface area contributed by atoms with Crippen molar-refractivity contribution >= 4 is 23.4 Å². The second kappa shape index (κ2) is 9.35. The maximum absolute atomic E-state index is 11.6. The average Bonchev–Trinajstić information content (AvgIpc) is 2.58. The molecule has 2 aromatic rings. The number of rotatable bonds is 9. The van der Waals surface area contributed by atoms with Crippen molar-refractivity contribution in [1.29, 1.82) is 0 Å². The lowest BCUT2D eigenvalue weighted by Crippen LogP contribution is -2.29. The van der Waals surface area contributed by atoms with Crippen LogP contribution in [-0.2, 0) is 0 Å². The van der Waals surface area contributed by atoms with E-state index in [1.807, 2.05) is 48.2 Å². The van der Waals surface area contributed by atoms with Gasteiger partial charge in [-0.15, -0.1) is 11.8 Å². The Bertz CT molecular complexity index is 646. The lowest BCUT2D eigenvalue weighted by atomic mass is 10.1. The second-order valence-corrected chi connectivity index (χ2v) is 7.06. The van der Waals surface area contributed by atoms with Gasteiger partial charge in [0.05, 0.1) is 5.56 Å². The Morgan fingerprint density at radius 1 is 1.12 bits per heavy atom. The molecule has 0 aliphatic carbocycles. The SMILES string of the molecule is CN(C)CC[C@H](CSc1ccccc1)Nc1ccccc1C(N)=O. The van der Waals surface area contributed by atoms with Crippen LogP contribution in [0.15, 0.2) is 59.5 Å². The van der Waals surface area contributed by atoms with E-state index >= 15 is 0 Å². The minimum absolute atomic E-state index is 0.248. The van der Waals surface area contributed by atoms with E-state index in [2.05, 4.69) is 36.4 Å². The Balaban J connectivity index is 2.06. The molecule has 24 heavy (non-hydrogen) atoms. The first-order valence-electron chi connectivity index (χ1n) is 8.04. The third kappa shape index (κ3) is 5.91. The summed E-state index contributed by atoms with van der Waals surface area (Å²) in [7, 11) is 4.14. The van der Waals surface area contributed by atoms with Crippen LogP contribution >= 0.6 is 11.8 Å². The highest BCUT2D eigenvalue weighted by Gasteiger charge is 2.14. The molecule has 0 aliphatic rings. The Kier molecular flexibility index (Phi) is 7.15. The number of nitrogens with one attached hydrogen (secondary N) is 1. The number of carbonyl (C=O) groups excluding carboxylic acids is 1. The summed E-state index contributed by atoms with van der Waals surface area (Å²) in [6.45, 7) is 0.978. The molecule has 2 rings (SSSR count). The van der Waals surface area contributed by atoms with Crippen LogP contribution in [0.3, 0.4) is 0 Å². The summed E-state index contributed by atoms with van der Waals surface area (Å²) in [5.41, 5.74) is 6.83. The lowest BCUT2D eigenvalue weighted by Gasteiger charge is -2.22. The van der Waals surface area contributed by atoms with Crippen LogP contribution in [-0.4, -0.2) is 43.2 Å². The van der Waals surface area contributed by atoms with Gasteiger partial charge in [-0.2, -0.15) is 0 Å². The van der Waals surface area contributed by atoms with Crippen LogP contribution in [0.25, 0.3) is 0 Å². The van der Waals surface area contributed by atoms with Gasteiger partial charge in [-0.1, -0.05) is 30.3 Å². The number of benzene rings is 2. The van der Waals surface area contributed by atoms with Gasteiger partial charge < -0.3 is 16.0 Å². The van der Waals surface area contributed by atoms with Crippen LogP contribution < -0.4 is 11.1 Å². The highest BCUT2D eigenvalue weighted by atomic mass is 32.2. The van der Waals surface area contributed by atoms with Crippen LogP contribution in [0.2, 0.25) is 0 Å². The number of thioether (sulfide) groups is 1. The summed E-state index contributed by atoms with van der Waals surface area (Å²) >= 11 is 1.82. The van der Waals surface area contributed by atoms with Crippen LogP contribution in [0.5, 0.6) is 0 Å². The maximum Gasteiger partial charge on any atom is 0.250 e. The highest BCUT2D eigenvalue weighted by Crippen LogP contribution is 2.22. The molecule has 0 heterocycles. The Hall–Kier alpha value is -1.98. The molecular weight excluding hydrogens is 318 g/mol. The van der Waals surface area contributed by atoms with Gasteiger partial charge in [0.2, 0.25) is 0 Å². The van der Waals surface area contributed by atoms with Gasteiger partial charge in [-0.05, 0) is 51.3 Å². The lowest BCUT2D eigenvalue weighted by molar-refractivity contribution is 0.100. The predicted octanol–water partition coefficient (Wildman–Crippen LogP) is 3.31. The molecule has 0 saturated heterocycles. The van der Waals surface area contributed by atoms with Gasteiger partial charge in [0.25, 0.3) is 5.91 Å². The van der Waals surface area contributed by atoms with E-state index in [9.17, 15) is 4.79 Å². The largest absolute Gasteiger partial charge is 0.381 e. The van der Waals surface area contributed by atoms with Gasteiger partial charge in [0.15, 0.2) is 0 Å². The molecule has 0 aromatic heterocycles. The number of primary amides is 1. The zero-order valence-electron chi connectivity index (χ0n) is 14.2. The Morgan fingerprint density at radius 2 is 1.79 bits per heavy atom. The van der Waals surface area contributed by atoms with Gasteiger partial charge in [0.1, 0.15) is 0 Å².